The summed E-state index contributed by atoms with van der Waals surface area (Å²) < 4.78 is 33.0. The van der Waals surface area contributed by atoms with Gasteiger partial charge in [-0.15, -0.1) is 0 Å². The number of benzene rings is 1. The molecule has 3 aromatic rings. The molecule has 0 saturated carbocycles. The first-order valence-corrected chi connectivity index (χ1v) is 9.69. The fourth-order valence-electron chi connectivity index (χ4n) is 2.54. The van der Waals surface area contributed by atoms with Crippen LogP contribution >= 0.6 is 0 Å². The number of anilines is 1. The first kappa shape index (κ1) is 18.8. The third-order valence-corrected chi connectivity index (χ3v) is 5.60. The van der Waals surface area contributed by atoms with Gasteiger partial charge in [0, 0.05) is 18.8 Å². The van der Waals surface area contributed by atoms with Crippen LogP contribution in [-0.4, -0.2) is 23.6 Å². The molecule has 0 spiro atoms. The first-order valence-electron chi connectivity index (χ1n) is 8.25. The van der Waals surface area contributed by atoms with Gasteiger partial charge in [0.15, 0.2) is 0 Å². The zero-order chi connectivity index (χ0) is 19.3. The lowest BCUT2D eigenvalue weighted by atomic mass is 10.3. The van der Waals surface area contributed by atoms with Crippen molar-refractivity contribution in [1.82, 2.24) is 9.29 Å². The summed E-state index contributed by atoms with van der Waals surface area (Å²) >= 11 is 0. The van der Waals surface area contributed by atoms with Gasteiger partial charge in [0.1, 0.15) is 5.76 Å². The molecule has 0 radical (unpaired) electrons. The number of nitrogens with one attached hydrogen (secondary N) is 1. The van der Waals surface area contributed by atoms with Gasteiger partial charge >= 0.3 is 0 Å². The van der Waals surface area contributed by atoms with E-state index < -0.39 is 10.0 Å². The molecule has 0 atom stereocenters. The molecule has 27 heavy (non-hydrogen) atoms. The maximum atomic E-state index is 13.2. The van der Waals surface area contributed by atoms with Crippen LogP contribution in [-0.2, 0) is 27.9 Å². The minimum atomic E-state index is -3.80. The second-order valence-corrected chi connectivity index (χ2v) is 7.82. The molecule has 1 aromatic carbocycles. The number of carbonyl (C=O) groups excluding carboxylic acids is 1. The van der Waals surface area contributed by atoms with Crippen molar-refractivity contribution in [3.63, 3.8) is 0 Å². The highest BCUT2D eigenvalue weighted by atomic mass is 32.2. The van der Waals surface area contributed by atoms with E-state index >= 15 is 0 Å². The topological polar surface area (TPSA) is 92.5 Å². The fourth-order valence-corrected chi connectivity index (χ4v) is 3.91. The van der Waals surface area contributed by atoms with Crippen LogP contribution in [0, 0.1) is 0 Å². The van der Waals surface area contributed by atoms with Crippen molar-refractivity contribution in [2.75, 3.05) is 5.32 Å². The molecule has 2 aromatic heterocycles. The largest absolute Gasteiger partial charge is 0.468 e. The number of rotatable bonds is 7. The normalized spacial score (nSPS) is 11.5. The molecule has 140 valence electrons. The number of amides is 1. The van der Waals surface area contributed by atoms with E-state index in [4.69, 9.17) is 4.42 Å². The number of sulfonamides is 1. The second-order valence-electron chi connectivity index (χ2n) is 5.88. The van der Waals surface area contributed by atoms with Gasteiger partial charge < -0.3 is 9.73 Å². The SMILES string of the molecule is CC(=O)Nc1ccc(S(=O)(=O)N(Cc2ccccn2)Cc2ccco2)cc1. The fraction of sp³-hybridized carbons (Fsp3) is 0.158. The minimum Gasteiger partial charge on any atom is -0.468 e. The molecule has 8 heteroatoms. The Labute approximate surface area is 157 Å². The molecular formula is C19H19N3O4S. The number of nitrogens with zero attached hydrogens (tertiary/aromatic N) is 2. The molecule has 3 rings (SSSR count). The minimum absolute atomic E-state index is 0.0827. The zero-order valence-electron chi connectivity index (χ0n) is 14.7. The highest BCUT2D eigenvalue weighted by Crippen LogP contribution is 2.22. The molecule has 0 aliphatic carbocycles. The first-order chi connectivity index (χ1) is 12.9. The average molecular weight is 385 g/mol. The van der Waals surface area contributed by atoms with Crippen molar-refractivity contribution in [3.8, 4) is 0 Å². The molecule has 0 saturated heterocycles. The van der Waals surface area contributed by atoms with E-state index in [2.05, 4.69) is 10.3 Å². The van der Waals surface area contributed by atoms with Gasteiger partial charge in [-0.3, -0.25) is 9.78 Å². The number of pyridine rings is 1. The van der Waals surface area contributed by atoms with Crippen LogP contribution < -0.4 is 5.32 Å². The Kier molecular flexibility index (Phi) is 5.68. The van der Waals surface area contributed by atoms with Gasteiger partial charge in [-0.05, 0) is 48.5 Å². The van der Waals surface area contributed by atoms with E-state index in [-0.39, 0.29) is 23.9 Å². The summed E-state index contributed by atoms with van der Waals surface area (Å²) in [6.07, 6.45) is 3.12. The quantitative estimate of drug-likeness (QED) is 0.675. The van der Waals surface area contributed by atoms with E-state index in [1.165, 1.54) is 29.6 Å². The van der Waals surface area contributed by atoms with Crippen LogP contribution in [0.2, 0.25) is 0 Å². The molecule has 0 aliphatic heterocycles. The van der Waals surface area contributed by atoms with Gasteiger partial charge in [-0.25, -0.2) is 8.42 Å². The molecule has 1 N–H and O–H groups in total. The van der Waals surface area contributed by atoms with Gasteiger partial charge in [0.25, 0.3) is 0 Å². The van der Waals surface area contributed by atoms with Gasteiger partial charge in [0.05, 0.1) is 29.9 Å². The average Bonchev–Trinajstić information content (AvgIpc) is 3.15. The second kappa shape index (κ2) is 8.15. The van der Waals surface area contributed by atoms with Crippen molar-refractivity contribution < 1.29 is 17.6 Å². The van der Waals surface area contributed by atoms with Gasteiger partial charge in [0.2, 0.25) is 15.9 Å². The maximum Gasteiger partial charge on any atom is 0.243 e. The summed E-state index contributed by atoms with van der Waals surface area (Å²) in [7, 11) is -3.80. The Bertz CT molecular complexity index is 985. The number of furan rings is 1. The zero-order valence-corrected chi connectivity index (χ0v) is 15.5. The number of hydrogen-bond donors (Lipinski definition) is 1. The summed E-state index contributed by atoms with van der Waals surface area (Å²) in [6.45, 7) is 1.58. The Balaban J connectivity index is 1.90. The standard InChI is InChI=1S/C19H19N3O4S/c1-15(23)21-16-7-9-19(10-8-16)27(24,25)22(14-18-6-4-12-26-18)13-17-5-2-3-11-20-17/h2-12H,13-14H2,1H3,(H,21,23). The third kappa shape index (κ3) is 4.81. The molecule has 1 amide bonds. The lowest BCUT2D eigenvalue weighted by Crippen LogP contribution is -2.30. The van der Waals surface area contributed by atoms with Crippen LogP contribution in [0.1, 0.15) is 18.4 Å². The van der Waals surface area contributed by atoms with Crippen molar-refractivity contribution in [1.29, 1.82) is 0 Å². The van der Waals surface area contributed by atoms with E-state index in [1.54, 1.807) is 42.6 Å². The predicted molar refractivity (Wildman–Crippen MR) is 100 cm³/mol. The van der Waals surface area contributed by atoms with Crippen LogP contribution in [0.4, 0.5) is 5.69 Å². The lowest BCUT2D eigenvalue weighted by Gasteiger charge is -2.21. The predicted octanol–water partition coefficient (Wildman–Crippen LogP) is 3.02. The summed E-state index contributed by atoms with van der Waals surface area (Å²) in [6, 6.07) is 14.8. The molecule has 2 heterocycles. The number of carbonyl (C=O) groups is 1. The van der Waals surface area contributed by atoms with E-state index in [1.807, 2.05) is 6.07 Å². The van der Waals surface area contributed by atoms with Gasteiger partial charge in [-0.1, -0.05) is 6.07 Å². The highest BCUT2D eigenvalue weighted by molar-refractivity contribution is 7.89. The third-order valence-electron chi connectivity index (χ3n) is 3.79. The molecule has 0 unspecified atom stereocenters. The molecule has 7 nitrogen and oxygen atoms in total. The Morgan fingerprint density at radius 1 is 1.07 bits per heavy atom. The van der Waals surface area contributed by atoms with Crippen molar-refractivity contribution in [2.45, 2.75) is 24.9 Å². The number of aromatic nitrogens is 1. The van der Waals surface area contributed by atoms with Gasteiger partial charge in [-0.2, -0.15) is 4.31 Å². The summed E-state index contributed by atoms with van der Waals surface area (Å²) in [5.74, 6) is 0.310. The lowest BCUT2D eigenvalue weighted by molar-refractivity contribution is -0.114. The Morgan fingerprint density at radius 2 is 1.85 bits per heavy atom. The summed E-state index contributed by atoms with van der Waals surface area (Å²) in [5, 5.41) is 2.62. The molecule has 0 aliphatic rings. The van der Waals surface area contributed by atoms with Crippen molar-refractivity contribution in [2.24, 2.45) is 0 Å². The van der Waals surface area contributed by atoms with E-state index in [0.717, 1.165) is 0 Å². The summed E-state index contributed by atoms with van der Waals surface area (Å²) in [4.78, 5) is 15.5. The smallest absolute Gasteiger partial charge is 0.243 e. The van der Waals surface area contributed by atoms with Crippen LogP contribution in [0.25, 0.3) is 0 Å². The molecular weight excluding hydrogens is 366 g/mol. The monoisotopic (exact) mass is 385 g/mol. The molecule has 0 bridgehead atoms. The van der Waals surface area contributed by atoms with Crippen molar-refractivity contribution in [3.05, 3.63) is 78.5 Å². The maximum absolute atomic E-state index is 13.2. The van der Waals surface area contributed by atoms with E-state index in [0.29, 0.717) is 17.1 Å². The van der Waals surface area contributed by atoms with E-state index in [9.17, 15) is 13.2 Å². The van der Waals surface area contributed by atoms with Crippen LogP contribution in [0.3, 0.4) is 0 Å². The van der Waals surface area contributed by atoms with Crippen molar-refractivity contribution >= 4 is 21.6 Å². The van der Waals surface area contributed by atoms with Crippen LogP contribution in [0.15, 0.2) is 76.4 Å². The Hall–Kier alpha value is -2.97. The Morgan fingerprint density at radius 3 is 2.44 bits per heavy atom. The molecule has 0 fully saturated rings. The number of hydrogen-bond acceptors (Lipinski definition) is 5. The summed E-state index contributed by atoms with van der Waals surface area (Å²) in [5.41, 5.74) is 1.16. The highest BCUT2D eigenvalue weighted by Gasteiger charge is 2.26. The van der Waals surface area contributed by atoms with Crippen LogP contribution in [0.5, 0.6) is 0 Å².